The molecule has 37 heavy (non-hydrogen) atoms. The van der Waals surface area contributed by atoms with Gasteiger partial charge in [0, 0.05) is 17.1 Å². The fraction of sp³-hybridized carbons (Fsp3) is 0.207. The van der Waals surface area contributed by atoms with Crippen LogP contribution in [-0.4, -0.2) is 27.3 Å². The predicted molar refractivity (Wildman–Crippen MR) is 148 cm³/mol. The van der Waals surface area contributed by atoms with Gasteiger partial charge in [-0.25, -0.2) is 4.68 Å². The molecule has 1 amide bonds. The number of amides is 1. The van der Waals surface area contributed by atoms with E-state index in [0.29, 0.717) is 23.3 Å². The Morgan fingerprint density at radius 1 is 1.03 bits per heavy atom. The highest BCUT2D eigenvalue weighted by atomic mass is 32.2. The van der Waals surface area contributed by atoms with E-state index >= 15 is 0 Å². The number of thioether (sulfide) groups is 1. The SMILES string of the molecule is CCOc1ccc(C2C(C(=O)Nc3ccccc3C)=C(C)Nc3nc(SCc4ccccc4)nn32)cc1. The lowest BCUT2D eigenvalue weighted by Gasteiger charge is -2.29. The average Bonchev–Trinajstić information content (AvgIpc) is 3.31. The third kappa shape index (κ3) is 5.39. The molecule has 5 rings (SSSR count). The lowest BCUT2D eigenvalue weighted by atomic mass is 9.95. The smallest absolute Gasteiger partial charge is 0.255 e. The van der Waals surface area contributed by atoms with Gasteiger partial charge in [-0.1, -0.05) is 72.4 Å². The summed E-state index contributed by atoms with van der Waals surface area (Å²) in [5, 5.41) is 11.9. The lowest BCUT2D eigenvalue weighted by Crippen LogP contribution is -2.31. The fourth-order valence-electron chi connectivity index (χ4n) is 4.33. The first-order valence-electron chi connectivity index (χ1n) is 12.2. The Morgan fingerprint density at radius 2 is 1.76 bits per heavy atom. The molecule has 4 aromatic rings. The highest BCUT2D eigenvalue weighted by Gasteiger charge is 2.34. The van der Waals surface area contributed by atoms with Crippen molar-refractivity contribution >= 4 is 29.3 Å². The van der Waals surface area contributed by atoms with Crippen LogP contribution < -0.4 is 15.4 Å². The quantitative estimate of drug-likeness (QED) is 0.274. The van der Waals surface area contributed by atoms with E-state index in [4.69, 9.17) is 14.8 Å². The van der Waals surface area contributed by atoms with Gasteiger partial charge in [0.1, 0.15) is 11.8 Å². The number of para-hydroxylation sites is 1. The van der Waals surface area contributed by atoms with Gasteiger partial charge >= 0.3 is 0 Å². The molecular formula is C29H29N5O2S. The molecule has 8 heteroatoms. The molecule has 1 aliphatic heterocycles. The van der Waals surface area contributed by atoms with Crippen LogP contribution in [0, 0.1) is 6.92 Å². The summed E-state index contributed by atoms with van der Waals surface area (Å²) in [6.45, 7) is 6.43. The molecule has 0 saturated carbocycles. The summed E-state index contributed by atoms with van der Waals surface area (Å²) >= 11 is 1.57. The molecule has 0 aliphatic carbocycles. The molecule has 2 heterocycles. The van der Waals surface area contributed by atoms with Gasteiger partial charge in [0.15, 0.2) is 0 Å². The maximum Gasteiger partial charge on any atom is 0.255 e. The van der Waals surface area contributed by atoms with Crippen molar-refractivity contribution in [1.82, 2.24) is 14.8 Å². The molecular weight excluding hydrogens is 482 g/mol. The summed E-state index contributed by atoms with van der Waals surface area (Å²) in [5.41, 5.74) is 5.22. The van der Waals surface area contributed by atoms with E-state index < -0.39 is 6.04 Å². The van der Waals surface area contributed by atoms with Crippen molar-refractivity contribution in [3.63, 3.8) is 0 Å². The van der Waals surface area contributed by atoms with E-state index in [-0.39, 0.29) is 5.91 Å². The topological polar surface area (TPSA) is 81.1 Å². The molecule has 0 fully saturated rings. The zero-order chi connectivity index (χ0) is 25.8. The number of carbonyl (C=O) groups excluding carboxylic acids is 1. The third-order valence-corrected chi connectivity index (χ3v) is 7.10. The number of benzene rings is 3. The Balaban J connectivity index is 1.50. The molecule has 0 radical (unpaired) electrons. The van der Waals surface area contributed by atoms with Crippen molar-refractivity contribution in [3.05, 3.63) is 107 Å². The number of nitrogens with zero attached hydrogens (tertiary/aromatic N) is 3. The summed E-state index contributed by atoms with van der Waals surface area (Å²) in [6.07, 6.45) is 0. The number of carbonyl (C=O) groups is 1. The number of rotatable bonds is 8. The number of allylic oxidation sites excluding steroid dienone is 1. The van der Waals surface area contributed by atoms with E-state index in [1.54, 1.807) is 11.8 Å². The van der Waals surface area contributed by atoms with Crippen molar-refractivity contribution in [2.75, 3.05) is 17.2 Å². The Bertz CT molecular complexity index is 1430. The number of aryl methyl sites for hydroxylation is 1. The van der Waals surface area contributed by atoms with Crippen LogP contribution in [0.3, 0.4) is 0 Å². The zero-order valence-electron chi connectivity index (χ0n) is 21.1. The van der Waals surface area contributed by atoms with Gasteiger partial charge in [-0.3, -0.25) is 4.79 Å². The number of hydrogen-bond acceptors (Lipinski definition) is 6. The summed E-state index contributed by atoms with van der Waals surface area (Å²) in [6, 6.07) is 25.4. The van der Waals surface area contributed by atoms with E-state index in [9.17, 15) is 4.79 Å². The number of anilines is 2. The number of ether oxygens (including phenoxy) is 1. The van der Waals surface area contributed by atoms with Crippen LogP contribution in [0.15, 0.2) is 95.3 Å². The number of hydrogen-bond donors (Lipinski definition) is 2. The second-order valence-electron chi connectivity index (χ2n) is 8.77. The number of fused-ring (bicyclic) bond motifs is 1. The maximum atomic E-state index is 13.7. The molecule has 0 spiro atoms. The van der Waals surface area contributed by atoms with Crippen LogP contribution >= 0.6 is 11.8 Å². The van der Waals surface area contributed by atoms with E-state index in [2.05, 4.69) is 22.8 Å². The van der Waals surface area contributed by atoms with Gasteiger partial charge < -0.3 is 15.4 Å². The molecule has 3 aromatic carbocycles. The first-order valence-corrected chi connectivity index (χ1v) is 13.2. The van der Waals surface area contributed by atoms with Crippen LogP contribution in [0.5, 0.6) is 5.75 Å². The van der Waals surface area contributed by atoms with E-state index in [0.717, 1.165) is 34.0 Å². The number of aromatic nitrogens is 3. The monoisotopic (exact) mass is 511 g/mol. The van der Waals surface area contributed by atoms with Gasteiger partial charge in [-0.2, -0.15) is 4.98 Å². The molecule has 1 unspecified atom stereocenters. The van der Waals surface area contributed by atoms with Crippen LogP contribution in [0.2, 0.25) is 0 Å². The second-order valence-corrected chi connectivity index (χ2v) is 9.72. The molecule has 1 aliphatic rings. The minimum atomic E-state index is -0.450. The first-order chi connectivity index (χ1) is 18.0. The minimum Gasteiger partial charge on any atom is -0.494 e. The third-order valence-electron chi connectivity index (χ3n) is 6.19. The highest BCUT2D eigenvalue weighted by Crippen LogP contribution is 2.37. The molecule has 188 valence electrons. The van der Waals surface area contributed by atoms with E-state index in [1.807, 2.05) is 92.2 Å². The minimum absolute atomic E-state index is 0.183. The van der Waals surface area contributed by atoms with Crippen LogP contribution in [0.25, 0.3) is 0 Å². The van der Waals surface area contributed by atoms with Gasteiger partial charge in [-0.15, -0.1) is 5.10 Å². The Hall–Kier alpha value is -4.04. The van der Waals surface area contributed by atoms with Gasteiger partial charge in [0.25, 0.3) is 5.91 Å². The molecule has 2 N–H and O–H groups in total. The van der Waals surface area contributed by atoms with Crippen LogP contribution in [-0.2, 0) is 10.5 Å². The van der Waals surface area contributed by atoms with E-state index in [1.165, 1.54) is 5.56 Å². The first kappa shape index (κ1) is 24.6. The van der Waals surface area contributed by atoms with Gasteiger partial charge in [0.05, 0.1) is 12.2 Å². The summed E-state index contributed by atoms with van der Waals surface area (Å²) < 4.78 is 7.45. The molecule has 0 saturated heterocycles. The summed E-state index contributed by atoms with van der Waals surface area (Å²) in [4.78, 5) is 18.5. The lowest BCUT2D eigenvalue weighted by molar-refractivity contribution is -0.113. The van der Waals surface area contributed by atoms with Crippen molar-refractivity contribution in [2.45, 2.75) is 37.7 Å². The maximum absolute atomic E-state index is 13.7. The highest BCUT2D eigenvalue weighted by molar-refractivity contribution is 7.98. The number of nitrogens with one attached hydrogen (secondary N) is 2. The molecule has 0 bridgehead atoms. The summed E-state index contributed by atoms with van der Waals surface area (Å²) in [5.74, 6) is 1.97. The van der Waals surface area contributed by atoms with Crippen molar-refractivity contribution in [3.8, 4) is 5.75 Å². The largest absolute Gasteiger partial charge is 0.494 e. The molecule has 7 nitrogen and oxygen atoms in total. The van der Waals surface area contributed by atoms with Crippen molar-refractivity contribution < 1.29 is 9.53 Å². The van der Waals surface area contributed by atoms with Crippen molar-refractivity contribution in [1.29, 1.82) is 0 Å². The Kier molecular flexibility index (Phi) is 7.28. The van der Waals surface area contributed by atoms with Crippen LogP contribution in [0.1, 0.15) is 36.6 Å². The molecule has 1 atom stereocenters. The second kappa shape index (κ2) is 10.9. The standard InChI is InChI=1S/C29H29N5O2S/c1-4-36-23-16-14-22(15-17-23)26-25(27(35)31-24-13-9-8-10-19(24)2)20(3)30-28-32-29(33-34(26)28)37-18-21-11-6-5-7-12-21/h5-17,26H,4,18H2,1-3H3,(H,31,35)(H,30,32,33). The fourth-order valence-corrected chi connectivity index (χ4v) is 5.12. The summed E-state index contributed by atoms with van der Waals surface area (Å²) in [7, 11) is 0. The van der Waals surface area contributed by atoms with Crippen molar-refractivity contribution in [2.24, 2.45) is 0 Å². The van der Waals surface area contributed by atoms with Crippen LogP contribution in [0.4, 0.5) is 11.6 Å². The average molecular weight is 512 g/mol. The predicted octanol–water partition coefficient (Wildman–Crippen LogP) is 6.21. The Labute approximate surface area is 221 Å². The Morgan fingerprint density at radius 3 is 2.49 bits per heavy atom. The molecule has 1 aromatic heterocycles. The zero-order valence-corrected chi connectivity index (χ0v) is 21.9. The normalized spacial score (nSPS) is 14.6. The van der Waals surface area contributed by atoms with Gasteiger partial charge in [0.2, 0.25) is 11.1 Å². The van der Waals surface area contributed by atoms with Gasteiger partial charge in [-0.05, 0) is 55.7 Å².